The van der Waals surface area contributed by atoms with Gasteiger partial charge in [-0.05, 0) is 19.1 Å². The van der Waals surface area contributed by atoms with Gasteiger partial charge in [0.2, 0.25) is 5.91 Å². The fraction of sp³-hybridized carbons (Fsp3) is 0.238. The van der Waals surface area contributed by atoms with Crippen molar-refractivity contribution in [2.45, 2.75) is 13.3 Å². The Morgan fingerprint density at radius 3 is 2.76 bits per heavy atom. The number of aromatic nitrogens is 1. The number of thiazole rings is 1. The Morgan fingerprint density at radius 1 is 1.21 bits per heavy atom. The molecule has 150 valence electrons. The van der Waals surface area contributed by atoms with E-state index in [0.717, 1.165) is 22.7 Å². The highest BCUT2D eigenvalue weighted by atomic mass is 35.5. The third kappa shape index (κ3) is 4.81. The van der Waals surface area contributed by atoms with Crippen molar-refractivity contribution in [3.63, 3.8) is 0 Å². The molecule has 8 heteroatoms. The molecule has 0 saturated heterocycles. The first-order valence-electron chi connectivity index (χ1n) is 9.24. The van der Waals surface area contributed by atoms with Gasteiger partial charge in [0.1, 0.15) is 0 Å². The van der Waals surface area contributed by atoms with E-state index in [4.69, 9.17) is 21.1 Å². The van der Waals surface area contributed by atoms with Gasteiger partial charge in [-0.1, -0.05) is 23.7 Å². The Balaban J connectivity index is 1.40. The van der Waals surface area contributed by atoms with E-state index in [0.29, 0.717) is 41.1 Å². The molecule has 0 radical (unpaired) electrons. The number of rotatable bonds is 5. The highest BCUT2D eigenvalue weighted by Gasteiger charge is 2.15. The molecular weight excluding hydrogens is 410 g/mol. The van der Waals surface area contributed by atoms with Gasteiger partial charge < -0.3 is 20.1 Å². The molecule has 1 aliphatic heterocycles. The quantitative estimate of drug-likeness (QED) is 0.598. The normalized spacial score (nSPS) is 12.9. The molecule has 2 aromatic carbocycles. The largest absolute Gasteiger partial charge is 0.490 e. The summed E-state index contributed by atoms with van der Waals surface area (Å²) in [7, 11) is 0. The minimum Gasteiger partial charge on any atom is -0.490 e. The number of nitrogens with zero attached hydrogens (tertiary/aromatic N) is 1. The fourth-order valence-electron chi connectivity index (χ4n) is 2.95. The highest BCUT2D eigenvalue weighted by molar-refractivity contribution is 7.09. The molecule has 2 heterocycles. The number of carbonyl (C=O) groups excluding carboxylic acids is 1. The first kappa shape index (κ1) is 19.5. The van der Waals surface area contributed by atoms with Gasteiger partial charge >= 0.3 is 0 Å². The zero-order valence-electron chi connectivity index (χ0n) is 15.8. The van der Waals surface area contributed by atoms with E-state index < -0.39 is 0 Å². The lowest BCUT2D eigenvalue weighted by Gasteiger charge is -2.13. The molecule has 0 unspecified atom stereocenters. The van der Waals surface area contributed by atoms with Crippen LogP contribution in [-0.4, -0.2) is 30.6 Å². The predicted molar refractivity (Wildman–Crippen MR) is 116 cm³/mol. The third-order valence-electron chi connectivity index (χ3n) is 4.34. The van der Waals surface area contributed by atoms with E-state index in [2.05, 4.69) is 15.6 Å². The number of amides is 1. The molecule has 0 saturated carbocycles. The van der Waals surface area contributed by atoms with Crippen LogP contribution < -0.4 is 20.1 Å². The van der Waals surface area contributed by atoms with Crippen molar-refractivity contribution in [2.24, 2.45) is 0 Å². The predicted octanol–water partition coefficient (Wildman–Crippen LogP) is 4.98. The number of benzene rings is 2. The second-order valence-electron chi connectivity index (χ2n) is 6.56. The summed E-state index contributed by atoms with van der Waals surface area (Å²) in [6, 6.07) is 11.1. The van der Waals surface area contributed by atoms with Gasteiger partial charge in [-0.2, -0.15) is 0 Å². The number of anilines is 2. The molecule has 4 rings (SSSR count). The minimum absolute atomic E-state index is 0.0688. The number of ether oxygens (including phenoxy) is 2. The first-order valence-corrected chi connectivity index (χ1v) is 10.5. The summed E-state index contributed by atoms with van der Waals surface area (Å²) in [5.74, 6) is 1.07. The maximum atomic E-state index is 12.4. The summed E-state index contributed by atoms with van der Waals surface area (Å²) in [5, 5.41) is 9.44. The Kier molecular flexibility index (Phi) is 5.87. The molecule has 3 aromatic rings. The lowest BCUT2D eigenvalue weighted by molar-refractivity contribution is -0.114. The molecule has 0 aliphatic carbocycles. The number of nitrogens with one attached hydrogen (secondary N) is 2. The summed E-state index contributed by atoms with van der Waals surface area (Å²) >= 11 is 7.91. The number of hydrogen-bond acceptors (Lipinski definition) is 6. The van der Waals surface area contributed by atoms with Crippen LogP contribution in [0.25, 0.3) is 11.3 Å². The Hall–Kier alpha value is -2.77. The van der Waals surface area contributed by atoms with E-state index in [9.17, 15) is 4.79 Å². The van der Waals surface area contributed by atoms with Gasteiger partial charge in [-0.3, -0.25) is 4.79 Å². The lowest BCUT2D eigenvalue weighted by Crippen LogP contribution is -2.21. The third-order valence-corrected chi connectivity index (χ3v) is 5.42. The fourth-order valence-corrected chi connectivity index (χ4v) is 3.79. The molecule has 0 atom stereocenters. The van der Waals surface area contributed by atoms with Gasteiger partial charge in [0.25, 0.3) is 0 Å². The number of fused-ring (bicyclic) bond motifs is 1. The van der Waals surface area contributed by atoms with Gasteiger partial charge in [0, 0.05) is 35.2 Å². The Labute approximate surface area is 177 Å². The second-order valence-corrected chi connectivity index (χ2v) is 8.03. The van der Waals surface area contributed by atoms with Crippen LogP contribution in [0.2, 0.25) is 5.02 Å². The molecule has 6 nitrogen and oxygen atoms in total. The van der Waals surface area contributed by atoms with E-state index >= 15 is 0 Å². The zero-order valence-corrected chi connectivity index (χ0v) is 17.4. The lowest BCUT2D eigenvalue weighted by atomic mass is 10.1. The van der Waals surface area contributed by atoms with Crippen LogP contribution in [0.4, 0.5) is 11.4 Å². The summed E-state index contributed by atoms with van der Waals surface area (Å²) in [6.07, 6.45) is 0.816. The Bertz CT molecular complexity index is 1040. The van der Waals surface area contributed by atoms with Crippen LogP contribution >= 0.6 is 22.9 Å². The average molecular weight is 430 g/mol. The summed E-state index contributed by atoms with van der Waals surface area (Å²) in [5.41, 5.74) is 3.20. The number of carbonyl (C=O) groups is 1. The molecule has 1 amide bonds. The van der Waals surface area contributed by atoms with E-state index in [1.54, 1.807) is 23.5 Å². The second kappa shape index (κ2) is 8.71. The maximum Gasteiger partial charge on any atom is 0.243 e. The van der Waals surface area contributed by atoms with Crippen molar-refractivity contribution < 1.29 is 14.3 Å². The average Bonchev–Trinajstić information content (AvgIpc) is 3.01. The van der Waals surface area contributed by atoms with E-state index in [1.807, 2.05) is 36.6 Å². The smallest absolute Gasteiger partial charge is 0.243 e. The topological polar surface area (TPSA) is 72.5 Å². The van der Waals surface area contributed by atoms with Gasteiger partial charge in [0.15, 0.2) is 11.5 Å². The van der Waals surface area contributed by atoms with Crippen molar-refractivity contribution in [1.82, 2.24) is 4.98 Å². The zero-order chi connectivity index (χ0) is 20.2. The van der Waals surface area contributed by atoms with Crippen molar-refractivity contribution in [3.05, 3.63) is 51.8 Å². The number of halogens is 1. The molecule has 2 N–H and O–H groups in total. The van der Waals surface area contributed by atoms with Crippen LogP contribution in [0.15, 0.2) is 41.8 Å². The van der Waals surface area contributed by atoms with Crippen molar-refractivity contribution in [1.29, 1.82) is 0 Å². The molecular formula is C21H20ClN3O3S. The maximum absolute atomic E-state index is 12.4. The Morgan fingerprint density at radius 2 is 2.00 bits per heavy atom. The summed E-state index contributed by atoms with van der Waals surface area (Å²) in [6.45, 7) is 3.22. The van der Waals surface area contributed by atoms with Crippen molar-refractivity contribution in [3.8, 4) is 22.8 Å². The molecule has 0 spiro atoms. The van der Waals surface area contributed by atoms with Crippen LogP contribution in [0.1, 0.15) is 11.4 Å². The van der Waals surface area contributed by atoms with Gasteiger partial charge in [0.05, 0.1) is 41.2 Å². The minimum atomic E-state index is -0.181. The van der Waals surface area contributed by atoms with Crippen LogP contribution in [0, 0.1) is 6.92 Å². The monoisotopic (exact) mass is 429 g/mol. The molecule has 0 fully saturated rings. The number of hydrogen-bond donors (Lipinski definition) is 2. The number of aryl methyl sites for hydroxylation is 1. The standard InChI is InChI=1S/C21H20ClN3O3S/c1-13-24-18(12-29-13)14-4-2-5-15(8-14)25-21(26)11-23-17-10-20-19(9-16(17)22)27-6-3-7-28-20/h2,4-5,8-10,12,23H,3,6-7,11H2,1H3,(H,25,26). The van der Waals surface area contributed by atoms with Crippen LogP contribution in [0.5, 0.6) is 11.5 Å². The molecule has 0 bridgehead atoms. The van der Waals surface area contributed by atoms with Crippen molar-refractivity contribution in [2.75, 3.05) is 30.4 Å². The van der Waals surface area contributed by atoms with Crippen LogP contribution in [-0.2, 0) is 4.79 Å². The highest BCUT2D eigenvalue weighted by Crippen LogP contribution is 2.37. The van der Waals surface area contributed by atoms with Gasteiger partial charge in [-0.25, -0.2) is 4.98 Å². The summed E-state index contributed by atoms with van der Waals surface area (Å²) < 4.78 is 11.3. The van der Waals surface area contributed by atoms with E-state index in [-0.39, 0.29) is 12.5 Å². The van der Waals surface area contributed by atoms with Crippen LogP contribution in [0.3, 0.4) is 0 Å². The van der Waals surface area contributed by atoms with Gasteiger partial charge in [-0.15, -0.1) is 11.3 Å². The SMILES string of the molecule is Cc1nc(-c2cccc(NC(=O)CNc3cc4c(cc3Cl)OCCCO4)c2)cs1. The van der Waals surface area contributed by atoms with E-state index in [1.165, 1.54) is 0 Å². The first-order chi connectivity index (χ1) is 14.1. The summed E-state index contributed by atoms with van der Waals surface area (Å²) in [4.78, 5) is 16.9. The van der Waals surface area contributed by atoms with Crippen molar-refractivity contribution >= 4 is 40.2 Å². The molecule has 1 aliphatic rings. The molecule has 29 heavy (non-hydrogen) atoms. The molecule has 1 aromatic heterocycles.